The molecule has 0 radical (unpaired) electrons. The first kappa shape index (κ1) is 22.7. The fourth-order valence-electron chi connectivity index (χ4n) is 4.59. The summed E-state index contributed by atoms with van der Waals surface area (Å²) in [6, 6.07) is 12.3. The molecule has 3 aromatic rings. The van der Waals surface area contributed by atoms with E-state index in [1.54, 1.807) is 16.8 Å². The van der Waals surface area contributed by atoms with Crippen LogP contribution in [0.15, 0.2) is 54.9 Å². The fourth-order valence-corrected chi connectivity index (χ4v) is 4.59. The van der Waals surface area contributed by atoms with E-state index >= 15 is 0 Å². The average Bonchev–Trinajstić information content (AvgIpc) is 3.37. The van der Waals surface area contributed by atoms with Gasteiger partial charge in [-0.05, 0) is 48.2 Å². The number of carbonyl (C=O) groups excluding carboxylic acids is 4. The second kappa shape index (κ2) is 9.27. The number of hydrogen-bond acceptors (Lipinski definition) is 6. The number of aromatic nitrogens is 2. The molecule has 0 spiro atoms. The highest BCUT2D eigenvalue weighted by atomic mass is 16.2. The number of nitrogens with zero attached hydrogens (tertiary/aromatic N) is 3. The van der Waals surface area contributed by atoms with E-state index in [2.05, 4.69) is 27.9 Å². The van der Waals surface area contributed by atoms with E-state index in [0.717, 1.165) is 46.7 Å². The summed E-state index contributed by atoms with van der Waals surface area (Å²) in [5.41, 5.74) is 4.59. The molecule has 4 amide bonds. The Hall–Kier alpha value is -4.11. The first-order valence-electron chi connectivity index (χ1n) is 11.5. The summed E-state index contributed by atoms with van der Waals surface area (Å²) in [6.07, 6.45) is 4.89. The quantitative estimate of drug-likeness (QED) is 0.402. The fraction of sp³-hybridized carbons (Fsp3) is 0.269. The molecule has 1 saturated heterocycles. The zero-order valence-corrected chi connectivity index (χ0v) is 19.3. The van der Waals surface area contributed by atoms with Crippen LogP contribution in [0.5, 0.6) is 0 Å². The second-order valence-electron chi connectivity index (χ2n) is 8.86. The number of aryl methyl sites for hydroxylation is 1. The van der Waals surface area contributed by atoms with Crippen molar-refractivity contribution in [2.24, 2.45) is 7.05 Å². The van der Waals surface area contributed by atoms with Crippen molar-refractivity contribution in [2.75, 3.05) is 6.54 Å². The number of imide groups is 2. The summed E-state index contributed by atoms with van der Waals surface area (Å²) >= 11 is 0. The minimum atomic E-state index is -0.967. The van der Waals surface area contributed by atoms with Gasteiger partial charge in [0.2, 0.25) is 11.8 Å². The molecule has 2 N–H and O–H groups in total. The zero-order valence-electron chi connectivity index (χ0n) is 19.3. The molecule has 3 heterocycles. The summed E-state index contributed by atoms with van der Waals surface area (Å²) in [7, 11) is 1.89. The van der Waals surface area contributed by atoms with Crippen LogP contribution in [0.1, 0.15) is 44.7 Å². The Balaban J connectivity index is 1.29. The molecule has 5 rings (SSSR count). The van der Waals surface area contributed by atoms with Crippen molar-refractivity contribution in [1.82, 2.24) is 25.3 Å². The van der Waals surface area contributed by atoms with Gasteiger partial charge in [0.15, 0.2) is 0 Å². The van der Waals surface area contributed by atoms with Crippen LogP contribution in [0, 0.1) is 0 Å². The van der Waals surface area contributed by atoms with Crippen molar-refractivity contribution in [2.45, 2.75) is 31.8 Å². The SMILES string of the molecule is Cn1cc(CNCCc2cccc(-c3ccc4c(c3)C(=O)N(C3CCC(=O)NC3=O)C4=O)c2)cn1. The molecule has 0 aliphatic carbocycles. The predicted octanol–water partition coefficient (Wildman–Crippen LogP) is 1.82. The van der Waals surface area contributed by atoms with Gasteiger partial charge in [-0.3, -0.25) is 34.1 Å². The monoisotopic (exact) mass is 471 g/mol. The Kier molecular flexibility index (Phi) is 6.00. The van der Waals surface area contributed by atoms with Crippen molar-refractivity contribution in [3.8, 4) is 11.1 Å². The summed E-state index contributed by atoms with van der Waals surface area (Å²) in [5.74, 6) is -2.00. The summed E-state index contributed by atoms with van der Waals surface area (Å²) in [5, 5.41) is 9.80. The van der Waals surface area contributed by atoms with Gasteiger partial charge in [-0.1, -0.05) is 30.3 Å². The summed E-state index contributed by atoms with van der Waals surface area (Å²) < 4.78 is 1.78. The van der Waals surface area contributed by atoms with Crippen molar-refractivity contribution in [1.29, 1.82) is 0 Å². The highest BCUT2D eigenvalue weighted by Gasteiger charge is 2.44. The first-order valence-corrected chi connectivity index (χ1v) is 11.5. The smallest absolute Gasteiger partial charge is 0.262 e. The maximum atomic E-state index is 13.1. The molecule has 178 valence electrons. The minimum Gasteiger partial charge on any atom is -0.312 e. The number of benzene rings is 2. The van der Waals surface area contributed by atoms with Gasteiger partial charge in [0.05, 0.1) is 17.3 Å². The maximum absolute atomic E-state index is 13.1. The van der Waals surface area contributed by atoms with E-state index in [4.69, 9.17) is 0 Å². The van der Waals surface area contributed by atoms with E-state index in [1.807, 2.05) is 37.6 Å². The Labute approximate surface area is 202 Å². The molecule has 35 heavy (non-hydrogen) atoms. The normalized spacial score (nSPS) is 17.6. The van der Waals surface area contributed by atoms with Crippen LogP contribution in [-0.4, -0.2) is 50.9 Å². The third-order valence-electron chi connectivity index (χ3n) is 6.38. The van der Waals surface area contributed by atoms with Crippen LogP contribution in [0.25, 0.3) is 11.1 Å². The van der Waals surface area contributed by atoms with Crippen LogP contribution >= 0.6 is 0 Å². The van der Waals surface area contributed by atoms with Crippen LogP contribution in [-0.2, 0) is 29.6 Å². The molecule has 1 unspecified atom stereocenters. The van der Waals surface area contributed by atoms with Crippen LogP contribution < -0.4 is 10.6 Å². The van der Waals surface area contributed by atoms with Gasteiger partial charge in [0.25, 0.3) is 11.8 Å². The molecular formula is C26H25N5O4. The Morgan fingerprint density at radius 1 is 1.00 bits per heavy atom. The molecule has 2 aliphatic rings. The lowest BCUT2D eigenvalue weighted by atomic mass is 9.98. The maximum Gasteiger partial charge on any atom is 0.262 e. The van der Waals surface area contributed by atoms with Crippen molar-refractivity contribution in [3.05, 3.63) is 77.1 Å². The highest BCUT2D eigenvalue weighted by molar-refractivity contribution is 6.23. The zero-order chi connectivity index (χ0) is 24.5. The van der Waals surface area contributed by atoms with Gasteiger partial charge in [0.1, 0.15) is 6.04 Å². The molecule has 2 aromatic carbocycles. The molecule has 1 fully saturated rings. The second-order valence-corrected chi connectivity index (χ2v) is 8.86. The van der Waals surface area contributed by atoms with E-state index in [0.29, 0.717) is 0 Å². The molecule has 9 nitrogen and oxygen atoms in total. The highest BCUT2D eigenvalue weighted by Crippen LogP contribution is 2.31. The lowest BCUT2D eigenvalue weighted by Crippen LogP contribution is -2.54. The van der Waals surface area contributed by atoms with Gasteiger partial charge in [-0.25, -0.2) is 0 Å². The van der Waals surface area contributed by atoms with Gasteiger partial charge in [0, 0.05) is 31.8 Å². The number of piperidine rings is 1. The van der Waals surface area contributed by atoms with Gasteiger partial charge in [-0.2, -0.15) is 5.10 Å². The summed E-state index contributed by atoms with van der Waals surface area (Å²) in [6.45, 7) is 1.55. The topological polar surface area (TPSA) is 113 Å². The minimum absolute atomic E-state index is 0.0962. The average molecular weight is 472 g/mol. The Bertz CT molecular complexity index is 1350. The third-order valence-corrected chi connectivity index (χ3v) is 6.38. The Morgan fingerprint density at radius 3 is 2.57 bits per heavy atom. The lowest BCUT2D eigenvalue weighted by molar-refractivity contribution is -0.136. The van der Waals surface area contributed by atoms with Crippen molar-refractivity contribution in [3.63, 3.8) is 0 Å². The van der Waals surface area contributed by atoms with Crippen molar-refractivity contribution >= 4 is 23.6 Å². The molecule has 1 aromatic heterocycles. The number of carbonyl (C=O) groups is 4. The first-order chi connectivity index (χ1) is 16.9. The molecule has 1 atom stereocenters. The molecule has 9 heteroatoms. The van der Waals surface area contributed by atoms with Crippen LogP contribution in [0.2, 0.25) is 0 Å². The largest absolute Gasteiger partial charge is 0.312 e. The van der Waals surface area contributed by atoms with E-state index in [9.17, 15) is 19.2 Å². The predicted molar refractivity (Wildman–Crippen MR) is 127 cm³/mol. The number of amides is 4. The third kappa shape index (κ3) is 4.50. The van der Waals surface area contributed by atoms with E-state index < -0.39 is 29.7 Å². The van der Waals surface area contributed by atoms with Crippen LogP contribution in [0.3, 0.4) is 0 Å². The van der Waals surface area contributed by atoms with E-state index in [-0.39, 0.29) is 24.0 Å². The summed E-state index contributed by atoms with van der Waals surface area (Å²) in [4.78, 5) is 50.7. The number of rotatable bonds is 7. The standard InChI is InChI=1S/C26H25N5O4/c1-30-15-17(14-28-30)13-27-10-9-16-3-2-4-18(11-16)19-5-6-20-21(12-19)26(35)31(25(20)34)22-7-8-23(32)29-24(22)33/h2-6,11-12,14-15,22,27H,7-10,13H2,1H3,(H,29,32,33). The molecular weight excluding hydrogens is 446 g/mol. The van der Waals surface area contributed by atoms with Gasteiger partial charge in [-0.15, -0.1) is 0 Å². The number of nitrogens with one attached hydrogen (secondary N) is 2. The van der Waals surface area contributed by atoms with Gasteiger partial charge >= 0.3 is 0 Å². The molecule has 0 bridgehead atoms. The molecule has 0 saturated carbocycles. The van der Waals surface area contributed by atoms with Gasteiger partial charge < -0.3 is 5.32 Å². The van der Waals surface area contributed by atoms with Crippen molar-refractivity contribution < 1.29 is 19.2 Å². The Morgan fingerprint density at radius 2 is 1.80 bits per heavy atom. The molecule has 2 aliphatic heterocycles. The lowest BCUT2D eigenvalue weighted by Gasteiger charge is -2.27. The number of fused-ring (bicyclic) bond motifs is 1. The number of hydrogen-bond donors (Lipinski definition) is 2. The van der Waals surface area contributed by atoms with E-state index in [1.165, 1.54) is 0 Å². The van der Waals surface area contributed by atoms with Crippen LogP contribution in [0.4, 0.5) is 0 Å².